The Morgan fingerprint density at radius 3 is 2.57 bits per heavy atom. The molecule has 5 nitrogen and oxygen atoms in total. The Bertz CT molecular complexity index is 460. The molecule has 1 saturated heterocycles. The number of aliphatic hydroxyl groups excluding tert-OH is 1. The van der Waals surface area contributed by atoms with Gasteiger partial charge in [0.1, 0.15) is 0 Å². The van der Waals surface area contributed by atoms with Crippen molar-refractivity contribution < 1.29 is 15.0 Å². The molecule has 2 heterocycles. The van der Waals surface area contributed by atoms with Gasteiger partial charge in [0.05, 0.1) is 17.4 Å². The van der Waals surface area contributed by atoms with Crippen molar-refractivity contribution in [3.63, 3.8) is 0 Å². The van der Waals surface area contributed by atoms with E-state index in [4.69, 9.17) is 5.11 Å². The minimum atomic E-state index is -0.942. The largest absolute Gasteiger partial charge is 0.478 e. The maximum absolute atomic E-state index is 10.8. The number of carbonyl (C=O) groups is 1. The summed E-state index contributed by atoms with van der Waals surface area (Å²) in [4.78, 5) is 17.1. The first-order valence-corrected chi connectivity index (χ1v) is 7.40. The van der Waals surface area contributed by atoms with Gasteiger partial charge in [-0.05, 0) is 31.4 Å². The van der Waals surface area contributed by atoms with Crippen molar-refractivity contribution in [2.45, 2.75) is 52.8 Å². The summed E-state index contributed by atoms with van der Waals surface area (Å²) in [5.41, 5.74) is 0.980. The molecule has 0 bridgehead atoms. The van der Waals surface area contributed by atoms with E-state index in [2.05, 4.69) is 37.6 Å². The van der Waals surface area contributed by atoms with Gasteiger partial charge in [-0.1, -0.05) is 20.8 Å². The zero-order chi connectivity index (χ0) is 16.0. The van der Waals surface area contributed by atoms with E-state index >= 15 is 0 Å². The third-order valence-electron chi connectivity index (χ3n) is 3.11. The fourth-order valence-electron chi connectivity index (χ4n) is 2.19. The second kappa shape index (κ2) is 8.10. The molecule has 2 atom stereocenters. The van der Waals surface area contributed by atoms with Crippen molar-refractivity contribution in [1.29, 1.82) is 0 Å². The molecule has 0 saturated carbocycles. The van der Waals surface area contributed by atoms with Gasteiger partial charge in [-0.2, -0.15) is 0 Å². The molecule has 2 N–H and O–H groups in total. The highest BCUT2D eigenvalue weighted by molar-refractivity contribution is 5.87. The standard InChI is InChI=1S/C12H16N2O3.C4H10/c1-8-4-11(15)7-14(8)6-10-5-9(12(16)17)2-3-13-10;1-4(2)3/h2-3,5,8,11,15H,4,6-7H2,1H3,(H,16,17);4H,1-3H3. The average molecular weight is 294 g/mol. The third kappa shape index (κ3) is 6.23. The third-order valence-corrected chi connectivity index (χ3v) is 3.11. The van der Waals surface area contributed by atoms with Crippen LogP contribution in [0.25, 0.3) is 0 Å². The second-order valence-electron chi connectivity index (χ2n) is 6.24. The monoisotopic (exact) mass is 294 g/mol. The van der Waals surface area contributed by atoms with Crippen LogP contribution in [0.2, 0.25) is 0 Å². The number of pyridine rings is 1. The molecule has 0 spiro atoms. The summed E-state index contributed by atoms with van der Waals surface area (Å²) in [5, 5.41) is 18.4. The van der Waals surface area contributed by atoms with Crippen LogP contribution in [-0.2, 0) is 6.54 Å². The van der Waals surface area contributed by atoms with E-state index < -0.39 is 5.97 Å². The number of carboxylic acid groups (broad SMARTS) is 1. The summed E-state index contributed by atoms with van der Waals surface area (Å²) < 4.78 is 0. The number of hydrogen-bond acceptors (Lipinski definition) is 4. The van der Waals surface area contributed by atoms with Crippen LogP contribution in [0.5, 0.6) is 0 Å². The van der Waals surface area contributed by atoms with Crippen molar-refractivity contribution in [2.75, 3.05) is 6.54 Å². The molecule has 21 heavy (non-hydrogen) atoms. The predicted octanol–water partition coefficient (Wildman–Crippen LogP) is 2.40. The van der Waals surface area contributed by atoms with Crippen LogP contribution in [-0.4, -0.2) is 44.8 Å². The Labute approximate surface area is 126 Å². The van der Waals surface area contributed by atoms with Crippen LogP contribution in [0.15, 0.2) is 18.3 Å². The van der Waals surface area contributed by atoms with Gasteiger partial charge in [0.25, 0.3) is 0 Å². The molecular weight excluding hydrogens is 268 g/mol. The number of likely N-dealkylation sites (tertiary alicyclic amines) is 1. The van der Waals surface area contributed by atoms with Crippen LogP contribution in [0.3, 0.4) is 0 Å². The first kappa shape index (κ1) is 17.6. The SMILES string of the molecule is CC(C)C.CC1CC(O)CN1Cc1cc(C(=O)O)ccn1. The van der Waals surface area contributed by atoms with E-state index in [1.54, 1.807) is 6.07 Å². The second-order valence-corrected chi connectivity index (χ2v) is 6.24. The molecule has 0 aliphatic carbocycles. The lowest BCUT2D eigenvalue weighted by Gasteiger charge is -2.19. The minimum absolute atomic E-state index is 0.252. The fourth-order valence-corrected chi connectivity index (χ4v) is 2.19. The van der Waals surface area contributed by atoms with Crippen molar-refractivity contribution in [2.24, 2.45) is 5.92 Å². The topological polar surface area (TPSA) is 73.7 Å². The Morgan fingerprint density at radius 2 is 2.10 bits per heavy atom. The van der Waals surface area contributed by atoms with Gasteiger partial charge < -0.3 is 10.2 Å². The van der Waals surface area contributed by atoms with Gasteiger partial charge in [-0.25, -0.2) is 4.79 Å². The van der Waals surface area contributed by atoms with E-state index in [-0.39, 0.29) is 11.7 Å². The number of aliphatic hydroxyl groups is 1. The summed E-state index contributed by atoms with van der Waals surface area (Å²) in [5.74, 6) is -0.108. The summed E-state index contributed by atoms with van der Waals surface area (Å²) in [6, 6.07) is 3.37. The first-order valence-electron chi connectivity index (χ1n) is 7.40. The Morgan fingerprint density at radius 1 is 1.48 bits per heavy atom. The molecule has 1 aromatic heterocycles. The number of β-amino-alcohol motifs (C(OH)–C–C–N with tert-alkyl or cyclic N) is 1. The number of hydrogen-bond donors (Lipinski definition) is 2. The lowest BCUT2D eigenvalue weighted by molar-refractivity contribution is 0.0696. The zero-order valence-electron chi connectivity index (χ0n) is 13.3. The van der Waals surface area contributed by atoms with Crippen LogP contribution in [0, 0.1) is 5.92 Å². The molecule has 0 aromatic carbocycles. The minimum Gasteiger partial charge on any atom is -0.478 e. The maximum Gasteiger partial charge on any atom is 0.335 e. The average Bonchev–Trinajstić information content (AvgIpc) is 2.67. The van der Waals surface area contributed by atoms with Gasteiger partial charge in [-0.15, -0.1) is 0 Å². The van der Waals surface area contributed by atoms with Gasteiger partial charge in [0.2, 0.25) is 0 Å². The molecule has 1 aliphatic rings. The molecule has 118 valence electrons. The lowest BCUT2D eigenvalue weighted by atomic mass is 10.2. The Kier molecular flexibility index (Phi) is 6.78. The fraction of sp³-hybridized carbons (Fsp3) is 0.625. The van der Waals surface area contributed by atoms with Crippen LogP contribution in [0.4, 0.5) is 0 Å². The molecule has 2 rings (SSSR count). The molecule has 1 aromatic rings. The van der Waals surface area contributed by atoms with Crippen molar-refractivity contribution in [3.8, 4) is 0 Å². The Hall–Kier alpha value is -1.46. The van der Waals surface area contributed by atoms with Crippen LogP contribution < -0.4 is 0 Å². The predicted molar refractivity (Wildman–Crippen MR) is 82.2 cm³/mol. The normalized spacial score (nSPS) is 22.0. The zero-order valence-corrected chi connectivity index (χ0v) is 13.3. The highest BCUT2D eigenvalue weighted by Crippen LogP contribution is 2.19. The molecule has 0 amide bonds. The summed E-state index contributed by atoms with van der Waals surface area (Å²) >= 11 is 0. The van der Waals surface area contributed by atoms with Crippen molar-refractivity contribution >= 4 is 5.97 Å². The summed E-state index contributed by atoms with van der Waals surface area (Å²) in [6.45, 7) is 9.76. The van der Waals surface area contributed by atoms with Crippen LogP contribution in [0.1, 0.15) is 50.2 Å². The van der Waals surface area contributed by atoms with E-state index in [1.807, 2.05) is 0 Å². The number of aromatic carboxylic acids is 1. The summed E-state index contributed by atoms with van der Waals surface area (Å²) in [7, 11) is 0. The molecule has 0 radical (unpaired) electrons. The van der Waals surface area contributed by atoms with E-state index in [0.717, 1.165) is 18.0 Å². The number of rotatable bonds is 3. The van der Waals surface area contributed by atoms with Gasteiger partial charge >= 0.3 is 5.97 Å². The van der Waals surface area contributed by atoms with Gasteiger partial charge in [-0.3, -0.25) is 9.88 Å². The number of nitrogens with zero attached hydrogens (tertiary/aromatic N) is 2. The molecule has 1 aliphatic heterocycles. The van der Waals surface area contributed by atoms with E-state index in [9.17, 15) is 9.90 Å². The van der Waals surface area contributed by atoms with Gasteiger partial charge in [0, 0.05) is 25.3 Å². The van der Waals surface area contributed by atoms with Crippen molar-refractivity contribution in [3.05, 3.63) is 29.6 Å². The smallest absolute Gasteiger partial charge is 0.335 e. The first-order chi connectivity index (χ1) is 9.79. The molecular formula is C16H26N2O3. The van der Waals surface area contributed by atoms with E-state index in [1.165, 1.54) is 12.3 Å². The quantitative estimate of drug-likeness (QED) is 0.895. The molecule has 1 fully saturated rings. The molecule has 2 unspecified atom stereocenters. The maximum atomic E-state index is 10.8. The Balaban J connectivity index is 0.000000491. The number of carboxylic acids is 1. The lowest BCUT2D eigenvalue weighted by Crippen LogP contribution is -2.27. The number of aromatic nitrogens is 1. The summed E-state index contributed by atoms with van der Waals surface area (Å²) in [6.07, 6.45) is 1.99. The highest BCUT2D eigenvalue weighted by Gasteiger charge is 2.27. The molecule has 5 heteroatoms. The van der Waals surface area contributed by atoms with Gasteiger partial charge in [0.15, 0.2) is 0 Å². The van der Waals surface area contributed by atoms with Crippen LogP contribution >= 0.6 is 0 Å². The van der Waals surface area contributed by atoms with Crippen molar-refractivity contribution in [1.82, 2.24) is 9.88 Å². The van der Waals surface area contributed by atoms with E-state index in [0.29, 0.717) is 19.1 Å². The highest BCUT2D eigenvalue weighted by atomic mass is 16.4.